The highest BCUT2D eigenvalue weighted by atomic mass is 19.4. The van der Waals surface area contributed by atoms with Crippen LogP contribution in [0.5, 0.6) is 0 Å². The van der Waals surface area contributed by atoms with Crippen LogP contribution in [0.2, 0.25) is 0 Å². The summed E-state index contributed by atoms with van der Waals surface area (Å²) in [5.41, 5.74) is 0.787. The molecule has 1 amide bonds. The van der Waals surface area contributed by atoms with Crippen molar-refractivity contribution in [1.29, 1.82) is 0 Å². The van der Waals surface area contributed by atoms with E-state index in [0.717, 1.165) is 17.7 Å². The van der Waals surface area contributed by atoms with Crippen LogP contribution >= 0.6 is 0 Å². The van der Waals surface area contributed by atoms with Gasteiger partial charge in [-0.1, -0.05) is 24.3 Å². The number of H-pyrrole nitrogens is 1. The molecule has 9 heteroatoms. The van der Waals surface area contributed by atoms with Crippen LogP contribution in [0.4, 0.5) is 13.2 Å². The molecule has 0 unspecified atom stereocenters. The molecule has 0 aliphatic rings. The van der Waals surface area contributed by atoms with Crippen LogP contribution in [-0.4, -0.2) is 40.1 Å². The summed E-state index contributed by atoms with van der Waals surface area (Å²) in [7, 11) is 3.83. The summed E-state index contributed by atoms with van der Waals surface area (Å²) < 4.78 is 39.4. The van der Waals surface area contributed by atoms with Gasteiger partial charge in [-0.05, 0) is 49.5 Å². The van der Waals surface area contributed by atoms with Crippen LogP contribution in [0.1, 0.15) is 38.9 Å². The Morgan fingerprint density at radius 1 is 1.17 bits per heavy atom. The number of halogens is 3. The molecule has 0 spiro atoms. The van der Waals surface area contributed by atoms with Gasteiger partial charge in [0.05, 0.1) is 5.56 Å². The maximum Gasteiger partial charge on any atom is 0.416 e. The highest BCUT2D eigenvalue weighted by molar-refractivity contribution is 5.94. The molecule has 0 saturated heterocycles. The van der Waals surface area contributed by atoms with E-state index in [9.17, 15) is 18.0 Å². The Balaban J connectivity index is 1.91. The van der Waals surface area contributed by atoms with Gasteiger partial charge in [-0.15, -0.1) is 0 Å². The average Bonchev–Trinajstić information content (AvgIpc) is 3.19. The molecule has 0 aliphatic heterocycles. The first-order valence-electron chi connectivity index (χ1n) is 8.81. The summed E-state index contributed by atoms with van der Waals surface area (Å²) in [5.74, 6) is -0.188. The molecule has 0 aliphatic carbocycles. The second-order valence-corrected chi connectivity index (χ2v) is 6.84. The van der Waals surface area contributed by atoms with Gasteiger partial charge in [0, 0.05) is 12.1 Å². The molecule has 29 heavy (non-hydrogen) atoms. The quantitative estimate of drug-likeness (QED) is 0.662. The van der Waals surface area contributed by atoms with Crippen molar-refractivity contribution in [2.75, 3.05) is 14.1 Å². The highest BCUT2D eigenvalue weighted by Crippen LogP contribution is 2.31. The van der Waals surface area contributed by atoms with E-state index in [1.54, 1.807) is 18.2 Å². The fraction of sp³-hybridized carbons (Fsp3) is 0.250. The maximum absolute atomic E-state index is 13.1. The number of amides is 1. The second-order valence-electron chi connectivity index (χ2n) is 6.84. The van der Waals surface area contributed by atoms with Crippen molar-refractivity contribution in [3.05, 3.63) is 82.9 Å². The number of benzene rings is 2. The summed E-state index contributed by atoms with van der Waals surface area (Å²) in [6.07, 6.45) is -3.26. The smallest absolute Gasteiger partial charge is 0.338 e. The number of aromatic amines is 1. The normalized spacial score (nSPS) is 12.8. The molecule has 2 N–H and O–H groups in total. The minimum Gasteiger partial charge on any atom is -0.338 e. The lowest BCUT2D eigenvalue weighted by Crippen LogP contribution is -2.30. The molecule has 0 radical (unpaired) electrons. The number of nitrogens with one attached hydrogen (secondary N) is 2. The van der Waals surface area contributed by atoms with Gasteiger partial charge in [-0.2, -0.15) is 18.3 Å². The van der Waals surface area contributed by atoms with Gasteiger partial charge in [-0.25, -0.2) is 4.98 Å². The monoisotopic (exact) mass is 403 g/mol. The predicted octanol–water partition coefficient (Wildman–Crippen LogP) is 3.40. The Bertz CT molecular complexity index is 970. The van der Waals surface area contributed by atoms with Crippen molar-refractivity contribution in [2.45, 2.75) is 18.8 Å². The van der Waals surface area contributed by atoms with Crippen LogP contribution in [0, 0.1) is 0 Å². The number of hydrogen-bond acceptors (Lipinski definition) is 4. The van der Waals surface area contributed by atoms with E-state index < -0.39 is 23.7 Å². The molecule has 0 bridgehead atoms. The third kappa shape index (κ3) is 5.20. The van der Waals surface area contributed by atoms with Crippen LogP contribution in [0.15, 0.2) is 54.9 Å². The molecule has 2 aromatic carbocycles. The first kappa shape index (κ1) is 20.5. The Labute approximate surface area is 165 Å². The summed E-state index contributed by atoms with van der Waals surface area (Å²) in [4.78, 5) is 18.8. The first-order valence-corrected chi connectivity index (χ1v) is 8.81. The van der Waals surface area contributed by atoms with Crippen molar-refractivity contribution in [3.63, 3.8) is 0 Å². The molecule has 1 heterocycles. The molecule has 1 aromatic heterocycles. The number of hydrogen-bond donors (Lipinski definition) is 2. The van der Waals surface area contributed by atoms with Crippen LogP contribution < -0.4 is 5.32 Å². The van der Waals surface area contributed by atoms with Crippen molar-refractivity contribution >= 4 is 5.91 Å². The second kappa shape index (κ2) is 8.44. The molecule has 0 fully saturated rings. The van der Waals surface area contributed by atoms with E-state index in [-0.39, 0.29) is 11.4 Å². The highest BCUT2D eigenvalue weighted by Gasteiger charge is 2.31. The fourth-order valence-corrected chi connectivity index (χ4v) is 2.95. The van der Waals surface area contributed by atoms with Crippen LogP contribution in [0.3, 0.4) is 0 Å². The summed E-state index contributed by atoms with van der Waals surface area (Å²) in [6.45, 7) is 0.653. The zero-order valence-electron chi connectivity index (χ0n) is 15.9. The summed E-state index contributed by atoms with van der Waals surface area (Å²) in [5, 5.41) is 9.13. The van der Waals surface area contributed by atoms with Crippen molar-refractivity contribution in [2.24, 2.45) is 0 Å². The van der Waals surface area contributed by atoms with E-state index in [4.69, 9.17) is 0 Å². The lowest BCUT2D eigenvalue weighted by atomic mass is 10.0. The van der Waals surface area contributed by atoms with E-state index in [1.807, 2.05) is 25.1 Å². The van der Waals surface area contributed by atoms with Crippen LogP contribution in [0.25, 0.3) is 0 Å². The number of nitrogens with zero attached hydrogens (tertiary/aromatic N) is 3. The molecule has 3 rings (SSSR count). The number of carbonyl (C=O) groups excluding carboxylic acids is 1. The molecule has 3 aromatic rings. The Hall–Kier alpha value is -3.20. The summed E-state index contributed by atoms with van der Waals surface area (Å²) in [6, 6.07) is 10.9. The average molecular weight is 403 g/mol. The van der Waals surface area contributed by atoms with Gasteiger partial charge in [0.1, 0.15) is 12.4 Å². The standard InChI is InChI=1S/C20H20F3N5O/c1-28(2)11-13-5-3-7-15(9-13)19(29)26-17(18-24-12-25-27-18)14-6-4-8-16(10-14)20(21,22)23/h3-10,12,17H,11H2,1-2H3,(H,26,29)(H,24,25,27)/t17-/m0/s1. The Morgan fingerprint density at radius 2 is 1.93 bits per heavy atom. The SMILES string of the molecule is CN(C)Cc1cccc(C(=O)N[C@@H](c2cccc(C(F)(F)F)c2)c2ncn[nH]2)c1. The molecular formula is C20H20F3N5O. The largest absolute Gasteiger partial charge is 0.416 e. The maximum atomic E-state index is 13.1. The van der Waals surface area contributed by atoms with Crippen LogP contribution in [-0.2, 0) is 12.7 Å². The minimum absolute atomic E-state index is 0.238. The number of rotatable bonds is 6. The van der Waals surface area contributed by atoms with Gasteiger partial charge < -0.3 is 10.2 Å². The minimum atomic E-state index is -4.49. The zero-order chi connectivity index (χ0) is 21.0. The van der Waals surface area contributed by atoms with Gasteiger partial charge in [0.15, 0.2) is 5.82 Å². The van der Waals surface area contributed by atoms with Crippen molar-refractivity contribution < 1.29 is 18.0 Å². The lowest BCUT2D eigenvalue weighted by molar-refractivity contribution is -0.137. The van der Waals surface area contributed by atoms with E-state index in [2.05, 4.69) is 20.5 Å². The number of aromatic nitrogens is 3. The Kier molecular flexibility index (Phi) is 5.97. The van der Waals surface area contributed by atoms with Crippen molar-refractivity contribution in [3.8, 4) is 0 Å². The Morgan fingerprint density at radius 3 is 2.59 bits per heavy atom. The molecule has 6 nitrogen and oxygen atoms in total. The topological polar surface area (TPSA) is 73.9 Å². The predicted molar refractivity (Wildman–Crippen MR) is 101 cm³/mol. The van der Waals surface area contributed by atoms with Gasteiger partial charge in [0.25, 0.3) is 5.91 Å². The van der Waals surface area contributed by atoms with Gasteiger partial charge in [-0.3, -0.25) is 9.89 Å². The van der Waals surface area contributed by atoms with E-state index >= 15 is 0 Å². The summed E-state index contributed by atoms with van der Waals surface area (Å²) >= 11 is 0. The van der Waals surface area contributed by atoms with Gasteiger partial charge >= 0.3 is 6.18 Å². The molecular weight excluding hydrogens is 383 g/mol. The lowest BCUT2D eigenvalue weighted by Gasteiger charge is -2.19. The zero-order valence-corrected chi connectivity index (χ0v) is 15.9. The number of carbonyl (C=O) groups is 1. The fourth-order valence-electron chi connectivity index (χ4n) is 2.95. The van der Waals surface area contributed by atoms with E-state index in [0.29, 0.717) is 12.1 Å². The van der Waals surface area contributed by atoms with Gasteiger partial charge in [0.2, 0.25) is 0 Å². The number of alkyl halides is 3. The third-order valence-electron chi connectivity index (χ3n) is 4.22. The van der Waals surface area contributed by atoms with E-state index in [1.165, 1.54) is 18.5 Å². The third-order valence-corrected chi connectivity index (χ3v) is 4.22. The molecule has 152 valence electrons. The van der Waals surface area contributed by atoms with Crippen molar-refractivity contribution in [1.82, 2.24) is 25.4 Å². The molecule has 1 atom stereocenters. The first-order chi connectivity index (χ1) is 13.7. The molecule has 0 saturated carbocycles.